The van der Waals surface area contributed by atoms with E-state index in [1.807, 2.05) is 6.92 Å². The van der Waals surface area contributed by atoms with Crippen LogP contribution >= 0.6 is 0 Å². The summed E-state index contributed by atoms with van der Waals surface area (Å²) in [4.78, 5) is 0. The number of phenols is 1. The van der Waals surface area contributed by atoms with E-state index in [4.69, 9.17) is 10.3 Å². The molecule has 0 spiro atoms. The first-order valence-electron chi connectivity index (χ1n) is 6.23. The van der Waals surface area contributed by atoms with Gasteiger partial charge in [0, 0.05) is 6.07 Å². The molecule has 0 amide bonds. The Morgan fingerprint density at radius 3 is 2.61 bits per heavy atom. The number of aromatic nitrogens is 1. The van der Waals surface area contributed by atoms with Gasteiger partial charge in [0.1, 0.15) is 5.75 Å². The number of anilines is 1. The predicted molar refractivity (Wildman–Crippen MR) is 69.4 cm³/mol. The highest BCUT2D eigenvalue weighted by Gasteiger charge is 2.22. The highest BCUT2D eigenvalue weighted by Crippen LogP contribution is 2.40. The SMILES string of the molecule is Cc1cc(O)c(-c2cc(N)no2)c2c1CCCC2. The van der Waals surface area contributed by atoms with E-state index in [-0.39, 0.29) is 5.75 Å². The van der Waals surface area contributed by atoms with Gasteiger partial charge in [0.15, 0.2) is 11.6 Å². The van der Waals surface area contributed by atoms with Crippen molar-refractivity contribution in [1.29, 1.82) is 0 Å². The first-order valence-corrected chi connectivity index (χ1v) is 6.23. The van der Waals surface area contributed by atoms with Crippen molar-refractivity contribution >= 4 is 5.82 Å². The fraction of sp³-hybridized carbons (Fsp3) is 0.357. The summed E-state index contributed by atoms with van der Waals surface area (Å²) in [7, 11) is 0. The predicted octanol–water partition coefficient (Wildman–Crippen LogP) is 2.82. The molecule has 0 radical (unpaired) electrons. The highest BCUT2D eigenvalue weighted by atomic mass is 16.5. The molecule has 0 bridgehead atoms. The Labute approximate surface area is 105 Å². The minimum atomic E-state index is 0.254. The standard InChI is InChI=1S/C14H16N2O2/c1-8-6-11(17)14(12-7-13(15)16-18-12)10-5-3-2-4-9(8)10/h6-7,17H,2-5H2,1H3,(H2,15,16). The molecular formula is C14H16N2O2. The summed E-state index contributed by atoms with van der Waals surface area (Å²) in [6.07, 6.45) is 4.39. The van der Waals surface area contributed by atoms with E-state index in [2.05, 4.69) is 5.16 Å². The molecule has 1 heterocycles. The third-order valence-corrected chi connectivity index (χ3v) is 3.63. The van der Waals surface area contributed by atoms with Gasteiger partial charge in [-0.1, -0.05) is 5.16 Å². The van der Waals surface area contributed by atoms with Crippen LogP contribution < -0.4 is 5.73 Å². The zero-order valence-electron chi connectivity index (χ0n) is 10.4. The van der Waals surface area contributed by atoms with Gasteiger partial charge in [-0.15, -0.1) is 0 Å². The number of fused-ring (bicyclic) bond motifs is 1. The van der Waals surface area contributed by atoms with Gasteiger partial charge < -0.3 is 15.4 Å². The van der Waals surface area contributed by atoms with Crippen molar-refractivity contribution in [3.63, 3.8) is 0 Å². The van der Waals surface area contributed by atoms with E-state index >= 15 is 0 Å². The summed E-state index contributed by atoms with van der Waals surface area (Å²) in [6, 6.07) is 3.47. The second-order valence-electron chi connectivity index (χ2n) is 4.87. The Balaban J connectivity index is 2.25. The average molecular weight is 244 g/mol. The molecule has 0 atom stereocenters. The first-order chi connectivity index (χ1) is 8.66. The molecule has 0 saturated heterocycles. The molecule has 1 aromatic carbocycles. The Morgan fingerprint density at radius 2 is 1.94 bits per heavy atom. The van der Waals surface area contributed by atoms with Crippen LogP contribution in [0.15, 0.2) is 16.7 Å². The topological polar surface area (TPSA) is 72.3 Å². The van der Waals surface area contributed by atoms with Crippen molar-refractivity contribution in [3.8, 4) is 17.1 Å². The minimum Gasteiger partial charge on any atom is -0.507 e. The van der Waals surface area contributed by atoms with Crippen LogP contribution in [0.5, 0.6) is 5.75 Å². The number of nitrogens with two attached hydrogens (primary N) is 1. The maximum absolute atomic E-state index is 10.2. The number of benzene rings is 1. The summed E-state index contributed by atoms with van der Waals surface area (Å²) >= 11 is 0. The van der Waals surface area contributed by atoms with Crippen molar-refractivity contribution in [2.24, 2.45) is 0 Å². The van der Waals surface area contributed by atoms with Gasteiger partial charge in [0.2, 0.25) is 0 Å². The summed E-state index contributed by atoms with van der Waals surface area (Å²) < 4.78 is 5.20. The number of aryl methyl sites for hydroxylation is 1. The lowest BCUT2D eigenvalue weighted by atomic mass is 9.84. The Hall–Kier alpha value is -1.97. The molecule has 3 N–H and O–H groups in total. The number of phenolic OH excluding ortho intramolecular Hbond substituents is 1. The lowest BCUT2D eigenvalue weighted by Gasteiger charge is -2.21. The molecule has 0 saturated carbocycles. The summed E-state index contributed by atoms with van der Waals surface area (Å²) in [5.74, 6) is 1.15. The first kappa shape index (κ1) is 11.1. The molecule has 0 unspecified atom stereocenters. The van der Waals surface area contributed by atoms with Crippen LogP contribution in [0.25, 0.3) is 11.3 Å². The van der Waals surface area contributed by atoms with Crippen LogP contribution in [-0.4, -0.2) is 10.3 Å². The number of hydrogen-bond acceptors (Lipinski definition) is 4. The zero-order valence-corrected chi connectivity index (χ0v) is 10.4. The number of nitrogens with zero attached hydrogens (tertiary/aromatic N) is 1. The molecule has 1 aliphatic carbocycles. The van der Waals surface area contributed by atoms with Crippen LogP contribution in [-0.2, 0) is 12.8 Å². The highest BCUT2D eigenvalue weighted by molar-refractivity contribution is 5.73. The molecule has 1 aliphatic rings. The maximum Gasteiger partial charge on any atom is 0.173 e. The van der Waals surface area contributed by atoms with Gasteiger partial charge in [-0.3, -0.25) is 0 Å². The van der Waals surface area contributed by atoms with Gasteiger partial charge in [0.05, 0.1) is 5.56 Å². The number of aromatic hydroxyl groups is 1. The fourth-order valence-corrected chi connectivity index (χ4v) is 2.82. The van der Waals surface area contributed by atoms with E-state index < -0.39 is 0 Å². The van der Waals surface area contributed by atoms with Crippen molar-refractivity contribution in [3.05, 3.63) is 28.8 Å². The van der Waals surface area contributed by atoms with E-state index in [9.17, 15) is 5.11 Å². The van der Waals surface area contributed by atoms with Crippen LogP contribution in [0.4, 0.5) is 5.82 Å². The maximum atomic E-state index is 10.2. The van der Waals surface area contributed by atoms with E-state index in [0.29, 0.717) is 11.6 Å². The third-order valence-electron chi connectivity index (χ3n) is 3.63. The molecule has 1 aromatic heterocycles. The summed E-state index contributed by atoms with van der Waals surface area (Å²) in [5.41, 5.74) is 10.0. The molecule has 4 heteroatoms. The molecule has 3 rings (SSSR count). The number of hydrogen-bond donors (Lipinski definition) is 2. The van der Waals surface area contributed by atoms with Crippen molar-refractivity contribution in [2.75, 3.05) is 5.73 Å². The smallest absolute Gasteiger partial charge is 0.173 e. The van der Waals surface area contributed by atoms with Crippen molar-refractivity contribution < 1.29 is 9.63 Å². The summed E-state index contributed by atoms with van der Waals surface area (Å²) in [6.45, 7) is 2.04. The lowest BCUT2D eigenvalue weighted by molar-refractivity contribution is 0.427. The van der Waals surface area contributed by atoms with Crippen LogP contribution in [0.3, 0.4) is 0 Å². The van der Waals surface area contributed by atoms with Gasteiger partial charge in [-0.2, -0.15) is 0 Å². The quantitative estimate of drug-likeness (QED) is 0.809. The van der Waals surface area contributed by atoms with Crippen LogP contribution in [0, 0.1) is 6.92 Å². The van der Waals surface area contributed by atoms with E-state index in [0.717, 1.165) is 30.4 Å². The molecule has 0 fully saturated rings. The van der Waals surface area contributed by atoms with Gasteiger partial charge in [-0.05, 0) is 55.4 Å². The zero-order chi connectivity index (χ0) is 12.7. The summed E-state index contributed by atoms with van der Waals surface area (Å²) in [5, 5.41) is 13.9. The van der Waals surface area contributed by atoms with Crippen LogP contribution in [0.1, 0.15) is 29.5 Å². The normalized spacial score (nSPS) is 14.5. The molecule has 18 heavy (non-hydrogen) atoms. The van der Waals surface area contributed by atoms with Gasteiger partial charge in [-0.25, -0.2) is 0 Å². The lowest BCUT2D eigenvalue weighted by Crippen LogP contribution is -2.06. The van der Waals surface area contributed by atoms with Crippen LogP contribution in [0.2, 0.25) is 0 Å². The molecule has 0 aliphatic heterocycles. The molecule has 4 nitrogen and oxygen atoms in total. The second-order valence-corrected chi connectivity index (χ2v) is 4.87. The third kappa shape index (κ3) is 1.65. The van der Waals surface area contributed by atoms with Gasteiger partial charge in [0.25, 0.3) is 0 Å². The van der Waals surface area contributed by atoms with Gasteiger partial charge >= 0.3 is 0 Å². The molecule has 2 aromatic rings. The Bertz CT molecular complexity index is 602. The fourth-order valence-electron chi connectivity index (χ4n) is 2.82. The van der Waals surface area contributed by atoms with E-state index in [1.165, 1.54) is 17.5 Å². The number of rotatable bonds is 1. The Kier molecular flexibility index (Phi) is 2.51. The molecule has 94 valence electrons. The average Bonchev–Trinajstić information content (AvgIpc) is 2.76. The van der Waals surface area contributed by atoms with Crippen molar-refractivity contribution in [1.82, 2.24) is 5.16 Å². The number of nitrogen functional groups attached to an aromatic ring is 1. The van der Waals surface area contributed by atoms with Crippen molar-refractivity contribution in [2.45, 2.75) is 32.6 Å². The van der Waals surface area contributed by atoms with E-state index in [1.54, 1.807) is 12.1 Å². The Morgan fingerprint density at radius 1 is 1.22 bits per heavy atom. The second kappa shape index (κ2) is 4.05. The monoisotopic (exact) mass is 244 g/mol. The molecular weight excluding hydrogens is 228 g/mol. The minimum absolute atomic E-state index is 0.254. The largest absolute Gasteiger partial charge is 0.507 e.